The van der Waals surface area contributed by atoms with Crippen LogP contribution in [0.25, 0.3) is 5.65 Å². The van der Waals surface area contributed by atoms with Crippen molar-refractivity contribution in [1.29, 1.82) is 0 Å². The van der Waals surface area contributed by atoms with Crippen LogP contribution in [0, 0.1) is 0 Å². The molecule has 26 heavy (non-hydrogen) atoms. The van der Waals surface area contributed by atoms with E-state index < -0.39 is 0 Å². The van der Waals surface area contributed by atoms with Gasteiger partial charge in [-0.15, -0.1) is 10.2 Å². The van der Waals surface area contributed by atoms with Gasteiger partial charge in [-0.25, -0.2) is 4.98 Å². The van der Waals surface area contributed by atoms with E-state index in [0.29, 0.717) is 31.7 Å². The predicted molar refractivity (Wildman–Crippen MR) is 97.6 cm³/mol. The van der Waals surface area contributed by atoms with Crippen LogP contribution in [0.15, 0.2) is 30.6 Å². The molecule has 0 atom stereocenters. The monoisotopic (exact) mass is 355 g/mol. The van der Waals surface area contributed by atoms with Gasteiger partial charge >= 0.3 is 0 Å². The number of nitrogens with one attached hydrogen (secondary N) is 1. The van der Waals surface area contributed by atoms with Crippen LogP contribution < -0.4 is 11.1 Å². The maximum absolute atomic E-state index is 5.94. The van der Waals surface area contributed by atoms with Gasteiger partial charge in [0.2, 0.25) is 0 Å². The highest BCUT2D eigenvalue weighted by atomic mass is 16.5. The van der Waals surface area contributed by atoms with Crippen molar-refractivity contribution in [1.82, 2.24) is 29.5 Å². The van der Waals surface area contributed by atoms with E-state index in [1.165, 1.54) is 0 Å². The summed E-state index contributed by atoms with van der Waals surface area (Å²) in [6.45, 7) is 2.77. The quantitative estimate of drug-likeness (QED) is 0.627. The summed E-state index contributed by atoms with van der Waals surface area (Å²) in [6.07, 6.45) is 5.90. The third-order valence-electron chi connectivity index (χ3n) is 5.00. The molecule has 0 radical (unpaired) electrons. The van der Waals surface area contributed by atoms with E-state index in [2.05, 4.69) is 29.5 Å². The van der Waals surface area contributed by atoms with Gasteiger partial charge < -0.3 is 24.8 Å². The highest BCUT2D eigenvalue weighted by molar-refractivity contribution is 5.39. The van der Waals surface area contributed by atoms with Crippen LogP contribution in [-0.4, -0.2) is 43.9 Å². The second-order valence-electron chi connectivity index (χ2n) is 6.83. The number of ether oxygens (including phenoxy) is 1. The number of methoxy groups -OCH3 is 1. The van der Waals surface area contributed by atoms with Crippen molar-refractivity contribution >= 4 is 5.65 Å². The van der Waals surface area contributed by atoms with Gasteiger partial charge in [0.15, 0.2) is 0 Å². The molecule has 0 saturated heterocycles. The molecule has 3 N–H and O–H groups in total. The third kappa shape index (κ3) is 3.35. The molecule has 1 aliphatic rings. The molecular formula is C18H25N7O. The van der Waals surface area contributed by atoms with Gasteiger partial charge in [0.1, 0.15) is 17.3 Å². The van der Waals surface area contributed by atoms with E-state index in [-0.39, 0.29) is 0 Å². The number of imidazole rings is 1. The van der Waals surface area contributed by atoms with Gasteiger partial charge in [0.25, 0.3) is 0 Å². The molecule has 3 aromatic heterocycles. The summed E-state index contributed by atoms with van der Waals surface area (Å²) in [7, 11) is 1.71. The molecule has 3 heterocycles. The summed E-state index contributed by atoms with van der Waals surface area (Å²) >= 11 is 0. The number of pyridine rings is 1. The van der Waals surface area contributed by atoms with Crippen LogP contribution >= 0.6 is 0 Å². The third-order valence-corrected chi connectivity index (χ3v) is 5.00. The summed E-state index contributed by atoms with van der Waals surface area (Å²) in [6, 6.07) is 6.30. The molecule has 3 aromatic rings. The van der Waals surface area contributed by atoms with Crippen LogP contribution in [0.3, 0.4) is 0 Å². The van der Waals surface area contributed by atoms with Crippen LogP contribution in [0.4, 0.5) is 0 Å². The summed E-state index contributed by atoms with van der Waals surface area (Å²) < 4.78 is 9.53. The fourth-order valence-electron chi connectivity index (χ4n) is 3.50. The molecule has 0 spiro atoms. The van der Waals surface area contributed by atoms with Gasteiger partial charge in [-0.1, -0.05) is 6.07 Å². The molecule has 1 aliphatic carbocycles. The van der Waals surface area contributed by atoms with Crippen molar-refractivity contribution < 1.29 is 4.74 Å². The van der Waals surface area contributed by atoms with E-state index in [1.54, 1.807) is 7.11 Å². The normalized spacial score (nSPS) is 19.8. The molecule has 1 fully saturated rings. The molecular weight excluding hydrogens is 330 g/mol. The molecule has 0 amide bonds. The Bertz CT molecular complexity index is 865. The van der Waals surface area contributed by atoms with Gasteiger partial charge in [0, 0.05) is 38.4 Å². The minimum absolute atomic E-state index is 0.296. The Balaban J connectivity index is 1.44. The van der Waals surface area contributed by atoms with E-state index >= 15 is 0 Å². The van der Waals surface area contributed by atoms with E-state index in [1.807, 2.05) is 30.6 Å². The van der Waals surface area contributed by atoms with E-state index in [0.717, 1.165) is 42.4 Å². The van der Waals surface area contributed by atoms with E-state index in [4.69, 9.17) is 10.5 Å². The molecule has 0 unspecified atom stereocenters. The lowest BCUT2D eigenvalue weighted by Crippen LogP contribution is -2.36. The van der Waals surface area contributed by atoms with Crippen LogP contribution in [-0.2, 0) is 24.4 Å². The first-order valence-electron chi connectivity index (χ1n) is 9.04. The van der Waals surface area contributed by atoms with E-state index in [9.17, 15) is 0 Å². The predicted octanol–water partition coefficient (Wildman–Crippen LogP) is 1.07. The fraction of sp³-hybridized carbons (Fsp3) is 0.500. The zero-order chi connectivity index (χ0) is 17.9. The van der Waals surface area contributed by atoms with Gasteiger partial charge in [0.05, 0.1) is 25.0 Å². The average molecular weight is 355 g/mol. The van der Waals surface area contributed by atoms with Gasteiger partial charge in [-0.3, -0.25) is 0 Å². The lowest BCUT2D eigenvalue weighted by atomic mass is 9.80. The van der Waals surface area contributed by atoms with Gasteiger partial charge in [-0.05, 0) is 25.0 Å². The molecule has 4 rings (SSSR count). The standard InChI is InChI=1S/C18H25N7O/c1-26-7-6-25-17(22-23-18(25)13-8-14(19)9-13)12-20-10-15-11-21-16-4-2-3-5-24(15)16/h2-5,11,13-14,20H,6-10,12,19H2,1H3. The summed E-state index contributed by atoms with van der Waals surface area (Å²) in [5.41, 5.74) is 8.01. The molecule has 0 bridgehead atoms. The average Bonchev–Trinajstić information content (AvgIpc) is 3.22. The minimum atomic E-state index is 0.296. The maximum atomic E-state index is 5.94. The first kappa shape index (κ1) is 17.1. The number of hydrogen-bond donors (Lipinski definition) is 2. The molecule has 138 valence electrons. The highest BCUT2D eigenvalue weighted by Crippen LogP contribution is 2.34. The molecule has 8 heteroatoms. The Hall–Kier alpha value is -2.29. The Morgan fingerprint density at radius 3 is 2.96 bits per heavy atom. The fourth-order valence-corrected chi connectivity index (χ4v) is 3.50. The number of hydrogen-bond acceptors (Lipinski definition) is 6. The van der Waals surface area contributed by atoms with Crippen molar-refractivity contribution in [3.05, 3.63) is 47.9 Å². The van der Waals surface area contributed by atoms with Crippen molar-refractivity contribution in [2.45, 2.75) is 44.4 Å². The first-order chi connectivity index (χ1) is 12.8. The van der Waals surface area contributed by atoms with Crippen molar-refractivity contribution in [3.8, 4) is 0 Å². The number of nitrogens with zero attached hydrogens (tertiary/aromatic N) is 5. The lowest BCUT2D eigenvalue weighted by molar-refractivity contribution is 0.183. The smallest absolute Gasteiger partial charge is 0.147 e. The summed E-state index contributed by atoms with van der Waals surface area (Å²) in [4.78, 5) is 4.42. The number of aromatic nitrogens is 5. The topological polar surface area (TPSA) is 95.3 Å². The Morgan fingerprint density at radius 1 is 1.27 bits per heavy atom. The Kier molecular flexibility index (Phi) is 4.96. The van der Waals surface area contributed by atoms with Crippen LogP contribution in [0.1, 0.15) is 36.1 Å². The minimum Gasteiger partial charge on any atom is -0.383 e. The lowest BCUT2D eigenvalue weighted by Gasteiger charge is -2.31. The first-order valence-corrected chi connectivity index (χ1v) is 9.04. The zero-order valence-electron chi connectivity index (χ0n) is 15.0. The molecule has 1 saturated carbocycles. The van der Waals surface area contributed by atoms with Crippen LogP contribution in [0.2, 0.25) is 0 Å². The summed E-state index contributed by atoms with van der Waals surface area (Å²) in [5, 5.41) is 12.3. The SMILES string of the molecule is COCCn1c(CNCc2cnc3ccccn23)nnc1C1CC(N)C1. The highest BCUT2D eigenvalue weighted by Gasteiger charge is 2.32. The number of rotatable bonds is 8. The van der Waals surface area contributed by atoms with Crippen LogP contribution in [0.5, 0.6) is 0 Å². The molecule has 8 nitrogen and oxygen atoms in total. The summed E-state index contributed by atoms with van der Waals surface area (Å²) in [5.74, 6) is 2.39. The molecule has 0 aliphatic heterocycles. The number of nitrogens with two attached hydrogens (primary N) is 1. The Morgan fingerprint density at radius 2 is 2.15 bits per heavy atom. The van der Waals surface area contributed by atoms with Crippen molar-refractivity contribution in [2.24, 2.45) is 5.73 Å². The van der Waals surface area contributed by atoms with Gasteiger partial charge in [-0.2, -0.15) is 0 Å². The Labute approximate surface area is 152 Å². The second kappa shape index (κ2) is 7.53. The largest absolute Gasteiger partial charge is 0.383 e. The molecule has 0 aromatic carbocycles. The number of fused-ring (bicyclic) bond motifs is 1. The van der Waals surface area contributed by atoms with Crippen molar-refractivity contribution in [2.75, 3.05) is 13.7 Å². The maximum Gasteiger partial charge on any atom is 0.147 e. The second-order valence-corrected chi connectivity index (χ2v) is 6.83. The van der Waals surface area contributed by atoms with Crippen molar-refractivity contribution in [3.63, 3.8) is 0 Å². The zero-order valence-corrected chi connectivity index (χ0v) is 15.0.